The summed E-state index contributed by atoms with van der Waals surface area (Å²) in [5.41, 5.74) is 2.99. The molecule has 0 bridgehead atoms. The maximum absolute atomic E-state index is 11.8. The fourth-order valence-corrected chi connectivity index (χ4v) is 3.41. The van der Waals surface area contributed by atoms with Crippen LogP contribution in [0.25, 0.3) is 0 Å². The highest BCUT2D eigenvalue weighted by molar-refractivity contribution is 5.76. The van der Waals surface area contributed by atoms with E-state index in [2.05, 4.69) is 24.3 Å². The van der Waals surface area contributed by atoms with Gasteiger partial charge in [0.15, 0.2) is 0 Å². The van der Waals surface area contributed by atoms with Gasteiger partial charge in [-0.1, -0.05) is 24.3 Å². The van der Waals surface area contributed by atoms with E-state index in [1.165, 1.54) is 24.0 Å². The molecule has 1 aromatic carbocycles. The quantitative estimate of drug-likeness (QED) is 0.669. The summed E-state index contributed by atoms with van der Waals surface area (Å²) in [5.74, 6) is 1.59. The highest BCUT2D eigenvalue weighted by atomic mass is 16.2. The molecule has 3 rings (SSSR count). The summed E-state index contributed by atoms with van der Waals surface area (Å²) in [7, 11) is 1.95. The number of hydrogen-bond donors (Lipinski definition) is 0. The first-order valence-corrected chi connectivity index (χ1v) is 6.57. The molecule has 0 spiro atoms. The van der Waals surface area contributed by atoms with E-state index in [-0.39, 0.29) is 0 Å². The lowest BCUT2D eigenvalue weighted by molar-refractivity contribution is -0.129. The molecule has 1 fully saturated rings. The maximum atomic E-state index is 11.8. The molecule has 1 heterocycles. The van der Waals surface area contributed by atoms with Crippen LogP contribution in [0.4, 0.5) is 0 Å². The Morgan fingerprint density at radius 2 is 1.94 bits per heavy atom. The molecule has 0 N–H and O–H groups in total. The topological polar surface area (TPSA) is 20.3 Å². The Labute approximate surface area is 103 Å². The van der Waals surface area contributed by atoms with Crippen LogP contribution in [0.15, 0.2) is 24.3 Å². The van der Waals surface area contributed by atoms with Crippen molar-refractivity contribution >= 4 is 5.91 Å². The van der Waals surface area contributed by atoms with Gasteiger partial charge in [0.05, 0.1) is 0 Å². The van der Waals surface area contributed by atoms with E-state index >= 15 is 0 Å². The van der Waals surface area contributed by atoms with Crippen LogP contribution in [0, 0.1) is 5.92 Å². The standard InChI is InChI=1S/C15H19NO/c1-16-10-14-12(8-9-15(16)17)7-6-11-4-2-3-5-13(11)14/h2-5,12,14H,6-10H2,1H3. The van der Waals surface area contributed by atoms with Gasteiger partial charge in [-0.3, -0.25) is 4.79 Å². The smallest absolute Gasteiger partial charge is 0.222 e. The number of hydrogen-bond acceptors (Lipinski definition) is 1. The first-order valence-electron chi connectivity index (χ1n) is 6.57. The van der Waals surface area contributed by atoms with Gasteiger partial charge < -0.3 is 4.90 Å². The van der Waals surface area contributed by atoms with Crippen molar-refractivity contribution < 1.29 is 4.79 Å². The summed E-state index contributed by atoms with van der Waals surface area (Å²) in [5, 5.41) is 0. The van der Waals surface area contributed by atoms with Gasteiger partial charge in [0, 0.05) is 25.9 Å². The number of amides is 1. The van der Waals surface area contributed by atoms with E-state index in [9.17, 15) is 4.79 Å². The lowest BCUT2D eigenvalue weighted by Gasteiger charge is -2.33. The third-order valence-corrected chi connectivity index (χ3v) is 4.43. The third kappa shape index (κ3) is 1.86. The summed E-state index contributed by atoms with van der Waals surface area (Å²) in [4.78, 5) is 13.7. The Bertz CT molecular complexity index is 440. The van der Waals surface area contributed by atoms with E-state index in [0.29, 0.717) is 17.7 Å². The summed E-state index contributed by atoms with van der Waals surface area (Å²) in [6.07, 6.45) is 4.25. The van der Waals surface area contributed by atoms with Gasteiger partial charge >= 0.3 is 0 Å². The van der Waals surface area contributed by atoms with E-state index in [0.717, 1.165) is 19.4 Å². The molecular formula is C15H19NO. The van der Waals surface area contributed by atoms with Gasteiger partial charge in [-0.2, -0.15) is 0 Å². The molecule has 17 heavy (non-hydrogen) atoms. The Balaban J connectivity index is 1.97. The minimum atomic E-state index is 0.317. The van der Waals surface area contributed by atoms with Crippen LogP contribution in [0.5, 0.6) is 0 Å². The van der Waals surface area contributed by atoms with Crippen LogP contribution in [0.2, 0.25) is 0 Å². The van der Waals surface area contributed by atoms with Crippen LogP contribution in [0.3, 0.4) is 0 Å². The van der Waals surface area contributed by atoms with Crippen molar-refractivity contribution in [1.82, 2.24) is 4.90 Å². The fraction of sp³-hybridized carbons (Fsp3) is 0.533. The molecule has 0 radical (unpaired) electrons. The number of fused-ring (bicyclic) bond motifs is 3. The summed E-state index contributed by atoms with van der Waals surface area (Å²) >= 11 is 0. The fourth-order valence-electron chi connectivity index (χ4n) is 3.41. The molecule has 1 amide bonds. The molecule has 1 saturated heterocycles. The van der Waals surface area contributed by atoms with Gasteiger partial charge in [0.25, 0.3) is 0 Å². The van der Waals surface area contributed by atoms with Crippen molar-refractivity contribution in [2.24, 2.45) is 5.92 Å². The van der Waals surface area contributed by atoms with Crippen LogP contribution < -0.4 is 0 Å². The van der Waals surface area contributed by atoms with Gasteiger partial charge in [0.1, 0.15) is 0 Å². The van der Waals surface area contributed by atoms with Crippen LogP contribution in [-0.4, -0.2) is 24.4 Å². The van der Waals surface area contributed by atoms with Gasteiger partial charge in [-0.15, -0.1) is 0 Å². The normalized spacial score (nSPS) is 28.3. The Hall–Kier alpha value is -1.31. The largest absolute Gasteiger partial charge is 0.345 e. The lowest BCUT2D eigenvalue weighted by atomic mass is 9.74. The van der Waals surface area contributed by atoms with Crippen molar-refractivity contribution in [1.29, 1.82) is 0 Å². The van der Waals surface area contributed by atoms with E-state index < -0.39 is 0 Å². The molecule has 1 aliphatic heterocycles. The van der Waals surface area contributed by atoms with Crippen molar-refractivity contribution in [2.45, 2.75) is 31.6 Å². The second kappa shape index (κ2) is 4.17. The minimum Gasteiger partial charge on any atom is -0.345 e. The minimum absolute atomic E-state index is 0.317. The summed E-state index contributed by atoms with van der Waals surface area (Å²) < 4.78 is 0. The third-order valence-electron chi connectivity index (χ3n) is 4.43. The highest BCUT2D eigenvalue weighted by Crippen LogP contribution is 2.40. The van der Waals surface area contributed by atoms with E-state index in [4.69, 9.17) is 0 Å². The van der Waals surface area contributed by atoms with Gasteiger partial charge in [-0.25, -0.2) is 0 Å². The van der Waals surface area contributed by atoms with Crippen molar-refractivity contribution in [2.75, 3.05) is 13.6 Å². The molecule has 0 aromatic heterocycles. The Morgan fingerprint density at radius 1 is 1.18 bits per heavy atom. The predicted molar refractivity (Wildman–Crippen MR) is 67.9 cm³/mol. The average molecular weight is 229 g/mol. The molecule has 2 aliphatic rings. The first kappa shape index (κ1) is 10.8. The molecule has 1 aromatic rings. The zero-order valence-electron chi connectivity index (χ0n) is 10.4. The van der Waals surface area contributed by atoms with Crippen molar-refractivity contribution in [3.63, 3.8) is 0 Å². The Kier molecular flexibility index (Phi) is 2.65. The lowest BCUT2D eigenvalue weighted by Crippen LogP contribution is -2.31. The van der Waals surface area contributed by atoms with E-state index in [1.54, 1.807) is 0 Å². The summed E-state index contributed by atoms with van der Waals surface area (Å²) in [6.45, 7) is 0.903. The zero-order chi connectivity index (χ0) is 11.8. The Morgan fingerprint density at radius 3 is 2.82 bits per heavy atom. The second-order valence-corrected chi connectivity index (χ2v) is 5.42. The number of benzene rings is 1. The first-order chi connectivity index (χ1) is 8.25. The molecule has 90 valence electrons. The van der Waals surface area contributed by atoms with Crippen LogP contribution in [0.1, 0.15) is 36.3 Å². The second-order valence-electron chi connectivity index (χ2n) is 5.42. The van der Waals surface area contributed by atoms with Gasteiger partial charge in [-0.05, 0) is 36.3 Å². The van der Waals surface area contributed by atoms with Crippen LogP contribution in [-0.2, 0) is 11.2 Å². The summed E-state index contributed by atoms with van der Waals surface area (Å²) in [6, 6.07) is 8.77. The number of carbonyl (C=O) groups excluding carboxylic acids is 1. The number of likely N-dealkylation sites (tertiary alicyclic amines) is 1. The molecule has 2 heteroatoms. The molecule has 2 nitrogen and oxygen atoms in total. The predicted octanol–water partition coefficient (Wildman–Crippen LogP) is 2.58. The van der Waals surface area contributed by atoms with E-state index in [1.807, 2.05) is 11.9 Å². The number of rotatable bonds is 0. The number of nitrogens with zero attached hydrogens (tertiary/aromatic N) is 1. The highest BCUT2D eigenvalue weighted by Gasteiger charge is 2.33. The van der Waals surface area contributed by atoms with Gasteiger partial charge in [0.2, 0.25) is 5.91 Å². The molecular weight excluding hydrogens is 210 g/mol. The van der Waals surface area contributed by atoms with Crippen molar-refractivity contribution in [3.05, 3.63) is 35.4 Å². The molecule has 2 atom stereocenters. The SMILES string of the molecule is CN1CC2c3ccccc3CCC2CCC1=O. The maximum Gasteiger partial charge on any atom is 0.222 e. The average Bonchev–Trinajstić information content (AvgIpc) is 2.50. The monoisotopic (exact) mass is 229 g/mol. The number of aryl methyl sites for hydroxylation is 1. The molecule has 0 saturated carbocycles. The number of likely N-dealkylation sites (N-methyl/N-ethyl adjacent to an activating group) is 1. The van der Waals surface area contributed by atoms with Crippen molar-refractivity contribution in [3.8, 4) is 0 Å². The number of carbonyl (C=O) groups is 1. The molecule has 2 unspecified atom stereocenters. The molecule has 1 aliphatic carbocycles. The zero-order valence-corrected chi connectivity index (χ0v) is 10.4. The van der Waals surface area contributed by atoms with Crippen LogP contribution >= 0.6 is 0 Å².